The second kappa shape index (κ2) is 7.02. The molecule has 2 N–H and O–H groups in total. The molecule has 7 heteroatoms. The number of hydrogen-bond donors (Lipinski definition) is 2. The molecule has 2 rings (SSSR count). The van der Waals surface area contributed by atoms with Crippen LogP contribution in [0, 0.1) is 0 Å². The van der Waals surface area contributed by atoms with Gasteiger partial charge in [0.05, 0.1) is 4.47 Å². The van der Waals surface area contributed by atoms with E-state index in [0.717, 1.165) is 49.4 Å². The van der Waals surface area contributed by atoms with Crippen molar-refractivity contribution in [2.45, 2.75) is 13.3 Å². The molecule has 1 aliphatic heterocycles. The van der Waals surface area contributed by atoms with Crippen LogP contribution in [0.3, 0.4) is 0 Å². The van der Waals surface area contributed by atoms with Crippen LogP contribution in [0.1, 0.15) is 13.3 Å². The summed E-state index contributed by atoms with van der Waals surface area (Å²) in [5.41, 5.74) is 3.36. The molecule has 0 aliphatic carbocycles. The number of anilines is 2. The third-order valence-electron chi connectivity index (χ3n) is 3.04. The molecule has 1 aliphatic rings. The Morgan fingerprint density at radius 2 is 2.05 bits per heavy atom. The molecule has 0 atom stereocenters. The molecule has 1 saturated heterocycles. The summed E-state index contributed by atoms with van der Waals surface area (Å²) in [4.78, 5) is 11.1. The second-order valence-electron chi connectivity index (χ2n) is 4.72. The number of nitrogens with zero attached hydrogens (tertiary/aromatic N) is 4. The van der Waals surface area contributed by atoms with E-state index in [4.69, 9.17) is 0 Å². The third kappa shape index (κ3) is 4.29. The van der Waals surface area contributed by atoms with Crippen LogP contribution in [-0.4, -0.2) is 59.6 Å². The van der Waals surface area contributed by atoms with Crippen molar-refractivity contribution in [1.82, 2.24) is 19.9 Å². The number of halogens is 1. The predicted octanol–water partition coefficient (Wildman–Crippen LogP) is 1.64. The molecule has 0 amide bonds. The van der Waals surface area contributed by atoms with Crippen molar-refractivity contribution in [3.63, 3.8) is 0 Å². The summed E-state index contributed by atoms with van der Waals surface area (Å²) < 4.78 is 0.883. The molecular formula is C12H21BrN6. The maximum atomic E-state index is 4.49. The molecule has 0 radical (unpaired) electrons. The van der Waals surface area contributed by atoms with Gasteiger partial charge in [0.25, 0.3) is 0 Å². The lowest BCUT2D eigenvalue weighted by atomic mass is 10.4. The first-order chi connectivity index (χ1) is 9.19. The van der Waals surface area contributed by atoms with Crippen LogP contribution in [0.5, 0.6) is 0 Å². The maximum Gasteiger partial charge on any atom is 0.224 e. The van der Waals surface area contributed by atoms with E-state index in [-0.39, 0.29) is 0 Å². The molecular weight excluding hydrogens is 308 g/mol. The molecule has 0 spiro atoms. The smallest absolute Gasteiger partial charge is 0.224 e. The topological polar surface area (TPSA) is 56.3 Å². The molecule has 2 heterocycles. The number of aromatic nitrogens is 2. The molecule has 1 aromatic rings. The van der Waals surface area contributed by atoms with E-state index >= 15 is 0 Å². The fraction of sp³-hybridized carbons (Fsp3) is 0.667. The lowest BCUT2D eigenvalue weighted by molar-refractivity contribution is 0.178. The van der Waals surface area contributed by atoms with Gasteiger partial charge in [-0.3, -0.25) is 0 Å². The summed E-state index contributed by atoms with van der Waals surface area (Å²) in [6.45, 7) is 7.12. The van der Waals surface area contributed by atoms with Crippen molar-refractivity contribution >= 4 is 27.7 Å². The van der Waals surface area contributed by atoms with Crippen molar-refractivity contribution in [2.24, 2.45) is 0 Å². The summed E-state index contributed by atoms with van der Waals surface area (Å²) in [5.74, 6) is 1.49. The number of likely N-dealkylation sites (N-methyl/N-ethyl adjacent to an activating group) is 1. The van der Waals surface area contributed by atoms with Crippen molar-refractivity contribution < 1.29 is 0 Å². The Balaban J connectivity index is 1.98. The first kappa shape index (κ1) is 14.5. The Labute approximate surface area is 122 Å². The Morgan fingerprint density at radius 1 is 1.32 bits per heavy atom. The lowest BCUT2D eigenvalue weighted by Crippen LogP contribution is -2.47. The Kier molecular flexibility index (Phi) is 5.35. The van der Waals surface area contributed by atoms with Crippen LogP contribution in [0.2, 0.25) is 0 Å². The van der Waals surface area contributed by atoms with Gasteiger partial charge in [-0.15, -0.1) is 0 Å². The van der Waals surface area contributed by atoms with Gasteiger partial charge in [0.1, 0.15) is 0 Å². The van der Waals surface area contributed by atoms with Gasteiger partial charge in [0.2, 0.25) is 5.95 Å². The third-order valence-corrected chi connectivity index (χ3v) is 3.62. The molecule has 106 valence electrons. The molecule has 0 aromatic carbocycles. The summed E-state index contributed by atoms with van der Waals surface area (Å²) in [6, 6.07) is 0. The average molecular weight is 329 g/mol. The Hall–Kier alpha value is -0.920. The number of hydrogen-bond acceptors (Lipinski definition) is 6. The minimum absolute atomic E-state index is 0.668. The van der Waals surface area contributed by atoms with Crippen LogP contribution in [0.4, 0.5) is 11.8 Å². The van der Waals surface area contributed by atoms with E-state index in [0.29, 0.717) is 5.95 Å². The van der Waals surface area contributed by atoms with Gasteiger partial charge in [-0.1, -0.05) is 6.92 Å². The maximum absolute atomic E-state index is 4.49. The standard InChI is InChI=1S/C12H21BrN6/c1-3-4-14-12-15-9-10(13)11(16-12)17-19-7-5-18(2)6-8-19/h9H,3-8H2,1-2H3,(H2,14,15,16,17). The minimum atomic E-state index is 0.668. The molecule has 6 nitrogen and oxygen atoms in total. The van der Waals surface area contributed by atoms with Crippen molar-refractivity contribution in [3.8, 4) is 0 Å². The number of rotatable bonds is 5. The highest BCUT2D eigenvalue weighted by atomic mass is 79.9. The van der Waals surface area contributed by atoms with E-state index in [1.54, 1.807) is 6.20 Å². The van der Waals surface area contributed by atoms with E-state index in [1.165, 1.54) is 0 Å². The van der Waals surface area contributed by atoms with Crippen LogP contribution >= 0.6 is 15.9 Å². The van der Waals surface area contributed by atoms with Crippen LogP contribution < -0.4 is 10.7 Å². The van der Waals surface area contributed by atoms with Gasteiger partial charge < -0.3 is 15.6 Å². The van der Waals surface area contributed by atoms with E-state index < -0.39 is 0 Å². The van der Waals surface area contributed by atoms with Gasteiger partial charge >= 0.3 is 0 Å². The zero-order chi connectivity index (χ0) is 13.7. The van der Waals surface area contributed by atoms with Gasteiger partial charge in [-0.05, 0) is 29.4 Å². The SMILES string of the molecule is CCCNc1ncc(Br)c(NN2CCN(C)CC2)n1. The highest BCUT2D eigenvalue weighted by molar-refractivity contribution is 9.10. The molecule has 0 unspecified atom stereocenters. The molecule has 0 bridgehead atoms. The second-order valence-corrected chi connectivity index (χ2v) is 5.57. The van der Waals surface area contributed by atoms with Gasteiger partial charge in [-0.2, -0.15) is 4.98 Å². The van der Waals surface area contributed by atoms with Gasteiger partial charge in [0, 0.05) is 38.9 Å². The highest BCUT2D eigenvalue weighted by Gasteiger charge is 2.15. The highest BCUT2D eigenvalue weighted by Crippen LogP contribution is 2.21. The predicted molar refractivity (Wildman–Crippen MR) is 81.2 cm³/mol. The number of nitrogens with one attached hydrogen (secondary N) is 2. The number of piperazine rings is 1. The lowest BCUT2D eigenvalue weighted by Gasteiger charge is -2.32. The van der Waals surface area contributed by atoms with Gasteiger partial charge in [-0.25, -0.2) is 9.99 Å². The van der Waals surface area contributed by atoms with E-state index in [9.17, 15) is 0 Å². The van der Waals surface area contributed by atoms with Crippen molar-refractivity contribution in [2.75, 3.05) is 50.5 Å². The van der Waals surface area contributed by atoms with Crippen LogP contribution in [0.15, 0.2) is 10.7 Å². The van der Waals surface area contributed by atoms with Crippen LogP contribution in [0.25, 0.3) is 0 Å². The molecule has 0 saturated carbocycles. The monoisotopic (exact) mass is 328 g/mol. The number of hydrazine groups is 1. The zero-order valence-corrected chi connectivity index (χ0v) is 13.1. The van der Waals surface area contributed by atoms with Crippen LogP contribution in [-0.2, 0) is 0 Å². The fourth-order valence-corrected chi connectivity index (χ4v) is 2.12. The summed E-state index contributed by atoms with van der Waals surface area (Å²) in [6.07, 6.45) is 2.84. The van der Waals surface area contributed by atoms with Crippen molar-refractivity contribution in [1.29, 1.82) is 0 Å². The first-order valence-electron chi connectivity index (χ1n) is 6.65. The quantitative estimate of drug-likeness (QED) is 0.856. The first-order valence-corrected chi connectivity index (χ1v) is 7.45. The molecule has 19 heavy (non-hydrogen) atoms. The van der Waals surface area contributed by atoms with Gasteiger partial charge in [0.15, 0.2) is 5.82 Å². The fourth-order valence-electron chi connectivity index (χ4n) is 1.84. The van der Waals surface area contributed by atoms with Crippen molar-refractivity contribution in [3.05, 3.63) is 10.7 Å². The largest absolute Gasteiger partial charge is 0.354 e. The van der Waals surface area contributed by atoms with E-state index in [1.807, 2.05) is 0 Å². The zero-order valence-electron chi connectivity index (χ0n) is 11.5. The average Bonchev–Trinajstić information content (AvgIpc) is 2.42. The Morgan fingerprint density at radius 3 is 2.74 bits per heavy atom. The minimum Gasteiger partial charge on any atom is -0.354 e. The summed E-state index contributed by atoms with van der Waals surface area (Å²) in [5, 5.41) is 5.39. The summed E-state index contributed by atoms with van der Waals surface area (Å²) >= 11 is 3.48. The molecule has 1 aromatic heterocycles. The molecule has 1 fully saturated rings. The Bertz CT molecular complexity index is 405. The summed E-state index contributed by atoms with van der Waals surface area (Å²) in [7, 11) is 2.14. The normalized spacial score (nSPS) is 17.4. The van der Waals surface area contributed by atoms with E-state index in [2.05, 4.69) is 60.5 Å².